The molecule has 0 spiro atoms. The van der Waals surface area contributed by atoms with Gasteiger partial charge in [-0.05, 0) is 37.0 Å². The highest BCUT2D eigenvalue weighted by Gasteiger charge is 2.23. The Morgan fingerprint density at radius 2 is 2.11 bits per heavy atom. The molecule has 3 nitrogen and oxygen atoms in total. The number of hydrogen-bond acceptors (Lipinski definition) is 3. The van der Waals surface area contributed by atoms with Crippen LogP contribution in [-0.2, 0) is 4.74 Å². The number of methoxy groups -OCH3 is 1. The Labute approximate surface area is 116 Å². The van der Waals surface area contributed by atoms with E-state index in [-0.39, 0.29) is 6.10 Å². The summed E-state index contributed by atoms with van der Waals surface area (Å²) in [6.45, 7) is 5.17. The molecule has 1 aliphatic rings. The molecule has 3 heteroatoms. The van der Waals surface area contributed by atoms with Crippen molar-refractivity contribution in [3.8, 4) is 5.75 Å². The highest BCUT2D eigenvalue weighted by Crippen LogP contribution is 2.30. The molecular weight excluding hydrogens is 238 g/mol. The van der Waals surface area contributed by atoms with Crippen molar-refractivity contribution in [1.82, 2.24) is 5.32 Å². The molecule has 1 atom stereocenters. The van der Waals surface area contributed by atoms with Crippen LogP contribution in [0.5, 0.6) is 5.75 Å². The van der Waals surface area contributed by atoms with E-state index in [0.717, 1.165) is 12.3 Å². The van der Waals surface area contributed by atoms with E-state index in [1.807, 2.05) is 12.1 Å². The summed E-state index contributed by atoms with van der Waals surface area (Å²) in [5.41, 5.74) is 1.19. The van der Waals surface area contributed by atoms with Crippen molar-refractivity contribution in [3.63, 3.8) is 0 Å². The minimum atomic E-state index is 0.114. The van der Waals surface area contributed by atoms with Gasteiger partial charge in [0, 0.05) is 12.6 Å². The molecule has 19 heavy (non-hydrogen) atoms. The maximum absolute atomic E-state index is 6.20. The van der Waals surface area contributed by atoms with Gasteiger partial charge in [-0.15, -0.1) is 0 Å². The fourth-order valence-corrected chi connectivity index (χ4v) is 2.17. The van der Waals surface area contributed by atoms with E-state index >= 15 is 0 Å². The first-order valence-electron chi connectivity index (χ1n) is 7.22. The van der Waals surface area contributed by atoms with Gasteiger partial charge in [0.25, 0.3) is 0 Å². The highest BCUT2D eigenvalue weighted by atomic mass is 16.5. The Morgan fingerprint density at radius 1 is 1.32 bits per heavy atom. The molecule has 106 valence electrons. The van der Waals surface area contributed by atoms with Crippen LogP contribution in [0.25, 0.3) is 0 Å². The molecule has 1 N–H and O–H groups in total. The van der Waals surface area contributed by atoms with Crippen LogP contribution >= 0.6 is 0 Å². The number of benzene rings is 1. The monoisotopic (exact) mass is 263 g/mol. The normalized spacial score (nSPS) is 17.3. The van der Waals surface area contributed by atoms with Gasteiger partial charge >= 0.3 is 0 Å². The maximum Gasteiger partial charge on any atom is 0.119 e. The molecule has 1 unspecified atom stereocenters. The zero-order chi connectivity index (χ0) is 13.7. The summed E-state index contributed by atoms with van der Waals surface area (Å²) in [6, 6.07) is 8.66. The topological polar surface area (TPSA) is 30.5 Å². The van der Waals surface area contributed by atoms with Crippen LogP contribution < -0.4 is 10.1 Å². The van der Waals surface area contributed by atoms with Crippen molar-refractivity contribution in [2.45, 2.75) is 51.4 Å². The molecule has 1 saturated carbocycles. The van der Waals surface area contributed by atoms with E-state index < -0.39 is 0 Å². The maximum atomic E-state index is 6.20. The number of ether oxygens (including phenoxy) is 2. The Balaban J connectivity index is 2.04. The van der Waals surface area contributed by atoms with Crippen LogP contribution in [-0.4, -0.2) is 25.8 Å². The molecule has 0 heterocycles. The average Bonchev–Trinajstić information content (AvgIpc) is 2.36. The summed E-state index contributed by atoms with van der Waals surface area (Å²) in [4.78, 5) is 0. The molecule has 2 rings (SSSR count). The third-order valence-electron chi connectivity index (χ3n) is 3.59. The first-order chi connectivity index (χ1) is 9.19. The molecular formula is C16H25NO2. The molecule has 0 aromatic heterocycles. The minimum absolute atomic E-state index is 0.114. The summed E-state index contributed by atoms with van der Waals surface area (Å²) in [6.07, 6.45) is 4.24. The van der Waals surface area contributed by atoms with Gasteiger partial charge in [-0.1, -0.05) is 26.0 Å². The van der Waals surface area contributed by atoms with Crippen molar-refractivity contribution < 1.29 is 9.47 Å². The third-order valence-corrected chi connectivity index (χ3v) is 3.59. The van der Waals surface area contributed by atoms with Crippen molar-refractivity contribution in [1.29, 1.82) is 0 Å². The summed E-state index contributed by atoms with van der Waals surface area (Å²) in [5, 5.41) is 3.47. The van der Waals surface area contributed by atoms with E-state index in [0.29, 0.717) is 12.1 Å². The minimum Gasteiger partial charge on any atom is -0.497 e. The van der Waals surface area contributed by atoms with E-state index in [1.165, 1.54) is 24.8 Å². The van der Waals surface area contributed by atoms with Crippen molar-refractivity contribution in [2.75, 3.05) is 13.7 Å². The van der Waals surface area contributed by atoms with Gasteiger partial charge in [-0.3, -0.25) is 0 Å². The molecule has 0 aliphatic heterocycles. The second-order valence-electron chi connectivity index (χ2n) is 5.52. The second-order valence-corrected chi connectivity index (χ2v) is 5.52. The van der Waals surface area contributed by atoms with E-state index in [2.05, 4.69) is 31.3 Å². The van der Waals surface area contributed by atoms with Gasteiger partial charge in [-0.25, -0.2) is 0 Å². The first kappa shape index (κ1) is 14.4. The molecule has 1 aliphatic carbocycles. The first-order valence-corrected chi connectivity index (χ1v) is 7.22. The fraction of sp³-hybridized carbons (Fsp3) is 0.625. The molecule has 1 fully saturated rings. The number of hydrogen-bond donors (Lipinski definition) is 1. The van der Waals surface area contributed by atoms with Gasteiger partial charge in [0.05, 0.1) is 19.3 Å². The largest absolute Gasteiger partial charge is 0.497 e. The van der Waals surface area contributed by atoms with Gasteiger partial charge in [0.15, 0.2) is 0 Å². The van der Waals surface area contributed by atoms with Gasteiger partial charge in [0.2, 0.25) is 0 Å². The Kier molecular flexibility index (Phi) is 5.23. The lowest BCUT2D eigenvalue weighted by Crippen LogP contribution is -2.33. The van der Waals surface area contributed by atoms with Crippen molar-refractivity contribution in [3.05, 3.63) is 29.8 Å². The summed E-state index contributed by atoms with van der Waals surface area (Å²) < 4.78 is 11.5. The SMILES string of the molecule is COc1cccc(C(CNC(C)C)OC2CCC2)c1. The van der Waals surface area contributed by atoms with E-state index in [4.69, 9.17) is 9.47 Å². The van der Waals surface area contributed by atoms with Crippen LogP contribution in [0, 0.1) is 0 Å². The van der Waals surface area contributed by atoms with Crippen LogP contribution in [0.4, 0.5) is 0 Å². The number of nitrogens with one attached hydrogen (secondary N) is 1. The zero-order valence-corrected chi connectivity index (χ0v) is 12.2. The summed E-state index contributed by atoms with van der Waals surface area (Å²) >= 11 is 0. The van der Waals surface area contributed by atoms with E-state index in [1.54, 1.807) is 7.11 Å². The highest BCUT2D eigenvalue weighted by molar-refractivity contribution is 5.30. The second kappa shape index (κ2) is 6.92. The quantitative estimate of drug-likeness (QED) is 0.818. The molecule has 0 saturated heterocycles. The van der Waals surface area contributed by atoms with Gasteiger partial charge in [-0.2, -0.15) is 0 Å². The standard InChI is InChI=1S/C16H25NO2/c1-12(2)17-11-16(19-14-7-5-8-14)13-6-4-9-15(10-13)18-3/h4,6,9-10,12,14,16-17H,5,7-8,11H2,1-3H3. The van der Waals surface area contributed by atoms with E-state index in [9.17, 15) is 0 Å². The molecule has 0 radical (unpaired) electrons. The van der Waals surface area contributed by atoms with Crippen LogP contribution in [0.2, 0.25) is 0 Å². The third kappa shape index (κ3) is 4.22. The smallest absolute Gasteiger partial charge is 0.119 e. The summed E-state index contributed by atoms with van der Waals surface area (Å²) in [5.74, 6) is 0.893. The lowest BCUT2D eigenvalue weighted by molar-refractivity contribution is -0.0526. The predicted octanol–water partition coefficient (Wildman–Crippen LogP) is 3.30. The predicted molar refractivity (Wildman–Crippen MR) is 77.6 cm³/mol. The van der Waals surface area contributed by atoms with Crippen LogP contribution in [0.15, 0.2) is 24.3 Å². The molecule has 1 aromatic carbocycles. The van der Waals surface area contributed by atoms with Crippen LogP contribution in [0.1, 0.15) is 44.8 Å². The average molecular weight is 263 g/mol. The lowest BCUT2D eigenvalue weighted by Gasteiger charge is -2.31. The Morgan fingerprint density at radius 3 is 2.68 bits per heavy atom. The lowest BCUT2D eigenvalue weighted by atomic mass is 9.95. The van der Waals surface area contributed by atoms with Crippen molar-refractivity contribution >= 4 is 0 Å². The van der Waals surface area contributed by atoms with Crippen molar-refractivity contribution in [2.24, 2.45) is 0 Å². The number of rotatable bonds is 7. The molecule has 0 bridgehead atoms. The summed E-state index contributed by atoms with van der Waals surface area (Å²) in [7, 11) is 1.70. The molecule has 1 aromatic rings. The van der Waals surface area contributed by atoms with Gasteiger partial charge < -0.3 is 14.8 Å². The fourth-order valence-electron chi connectivity index (χ4n) is 2.17. The zero-order valence-electron chi connectivity index (χ0n) is 12.2. The Bertz CT molecular complexity index is 388. The molecule has 0 amide bonds. The van der Waals surface area contributed by atoms with Gasteiger partial charge in [0.1, 0.15) is 5.75 Å². The van der Waals surface area contributed by atoms with Crippen LogP contribution in [0.3, 0.4) is 0 Å². The Hall–Kier alpha value is -1.06.